The van der Waals surface area contributed by atoms with Crippen molar-refractivity contribution in [2.75, 3.05) is 6.61 Å². The van der Waals surface area contributed by atoms with Gasteiger partial charge in [0.15, 0.2) is 6.61 Å². The first-order valence-electron chi connectivity index (χ1n) is 11.1. The molecule has 0 radical (unpaired) electrons. The first kappa shape index (κ1) is 21.0. The third-order valence-electron chi connectivity index (χ3n) is 9.35. The monoisotopic (exact) mass is 406 g/mol. The van der Waals surface area contributed by atoms with Gasteiger partial charge in [-0.3, -0.25) is 14.4 Å². The average Bonchev–Trinajstić information content (AvgIpc) is 2.91. The minimum atomic E-state index is -1.62. The molecular weight excluding hydrogens is 372 g/mol. The van der Waals surface area contributed by atoms with E-state index in [1.54, 1.807) is 0 Å². The Bertz CT molecular complexity index is 733. The number of ether oxygens (including phenoxy) is 1. The van der Waals surface area contributed by atoms with Gasteiger partial charge >= 0.3 is 5.97 Å². The maximum absolute atomic E-state index is 13.5. The minimum Gasteiger partial charge on any atom is -0.458 e. The fourth-order valence-corrected chi connectivity index (χ4v) is 7.80. The Morgan fingerprint density at radius 3 is 2.55 bits per heavy atom. The SMILES string of the molecule is CC(=O)OCC(=O)C1(O)CCC2C3CCC4CC(O)CCC4(C)C3C(=O)CC21C. The highest BCUT2D eigenvalue weighted by Crippen LogP contribution is 2.67. The van der Waals surface area contributed by atoms with Crippen molar-refractivity contribution >= 4 is 17.5 Å². The van der Waals surface area contributed by atoms with Crippen LogP contribution in [0.2, 0.25) is 0 Å². The standard InChI is InChI=1S/C23H34O6/c1-13(24)29-12-19(27)23(28)9-7-17-16-5-4-14-10-15(25)6-8-21(14,2)20(16)18(26)11-22(17,23)3/h14-17,20,25,28H,4-12H2,1-3H3. The van der Waals surface area contributed by atoms with E-state index in [9.17, 15) is 24.6 Å². The smallest absolute Gasteiger partial charge is 0.303 e. The van der Waals surface area contributed by atoms with Crippen LogP contribution in [0.1, 0.15) is 72.1 Å². The van der Waals surface area contributed by atoms with Gasteiger partial charge in [-0.2, -0.15) is 0 Å². The molecule has 0 spiro atoms. The number of fused-ring (bicyclic) bond motifs is 5. The van der Waals surface area contributed by atoms with Crippen LogP contribution in [0.15, 0.2) is 0 Å². The molecule has 6 nitrogen and oxygen atoms in total. The fraction of sp³-hybridized carbons (Fsp3) is 0.870. The second-order valence-electron chi connectivity index (χ2n) is 10.6. The van der Waals surface area contributed by atoms with Gasteiger partial charge in [-0.25, -0.2) is 0 Å². The summed E-state index contributed by atoms with van der Waals surface area (Å²) >= 11 is 0. The van der Waals surface area contributed by atoms with Gasteiger partial charge in [0.25, 0.3) is 0 Å². The summed E-state index contributed by atoms with van der Waals surface area (Å²) in [7, 11) is 0. The van der Waals surface area contributed by atoms with Crippen molar-refractivity contribution in [1.82, 2.24) is 0 Å². The molecule has 0 aromatic carbocycles. The van der Waals surface area contributed by atoms with Crippen LogP contribution >= 0.6 is 0 Å². The van der Waals surface area contributed by atoms with Crippen LogP contribution < -0.4 is 0 Å². The lowest BCUT2D eigenvalue weighted by molar-refractivity contribution is -0.181. The van der Waals surface area contributed by atoms with Crippen molar-refractivity contribution in [2.45, 2.75) is 83.8 Å². The van der Waals surface area contributed by atoms with Crippen molar-refractivity contribution in [3.63, 3.8) is 0 Å². The Morgan fingerprint density at radius 2 is 1.86 bits per heavy atom. The number of rotatable bonds is 3. The van der Waals surface area contributed by atoms with E-state index >= 15 is 0 Å². The van der Waals surface area contributed by atoms with Crippen molar-refractivity contribution in [3.05, 3.63) is 0 Å². The van der Waals surface area contributed by atoms with Crippen molar-refractivity contribution in [2.24, 2.45) is 34.5 Å². The lowest BCUT2D eigenvalue weighted by atomic mass is 9.44. The predicted molar refractivity (Wildman–Crippen MR) is 105 cm³/mol. The van der Waals surface area contributed by atoms with Gasteiger partial charge in [-0.1, -0.05) is 13.8 Å². The normalized spacial score (nSPS) is 49.0. The molecule has 4 fully saturated rings. The molecule has 0 saturated heterocycles. The number of carbonyl (C=O) groups excluding carboxylic acids is 3. The van der Waals surface area contributed by atoms with Gasteiger partial charge in [0, 0.05) is 24.7 Å². The number of ketones is 2. The zero-order valence-electron chi connectivity index (χ0n) is 17.8. The third-order valence-corrected chi connectivity index (χ3v) is 9.35. The Labute approximate surface area is 172 Å². The third kappa shape index (κ3) is 2.93. The van der Waals surface area contributed by atoms with E-state index in [1.165, 1.54) is 6.92 Å². The zero-order chi connectivity index (χ0) is 21.2. The van der Waals surface area contributed by atoms with Crippen molar-refractivity contribution in [1.29, 1.82) is 0 Å². The molecule has 0 aromatic rings. The lowest BCUT2D eigenvalue weighted by Gasteiger charge is -2.60. The van der Waals surface area contributed by atoms with E-state index in [0.29, 0.717) is 12.3 Å². The minimum absolute atomic E-state index is 0.0438. The number of esters is 1. The van der Waals surface area contributed by atoms with E-state index in [4.69, 9.17) is 4.74 Å². The van der Waals surface area contributed by atoms with Crippen LogP contribution in [0, 0.1) is 34.5 Å². The molecule has 0 aliphatic heterocycles. The second kappa shape index (κ2) is 6.88. The Morgan fingerprint density at radius 1 is 1.14 bits per heavy atom. The van der Waals surface area contributed by atoms with E-state index in [2.05, 4.69) is 6.92 Å². The maximum atomic E-state index is 13.5. The lowest BCUT2D eigenvalue weighted by Crippen LogP contribution is -2.62. The number of aliphatic hydroxyl groups excluding tert-OH is 1. The van der Waals surface area contributed by atoms with Crippen LogP contribution in [0.5, 0.6) is 0 Å². The molecule has 4 saturated carbocycles. The summed E-state index contributed by atoms with van der Waals surface area (Å²) in [5.74, 6) is -0.256. The van der Waals surface area contributed by atoms with Crippen molar-refractivity contribution < 1.29 is 29.3 Å². The molecule has 0 heterocycles. The Kier molecular flexibility index (Phi) is 4.97. The summed E-state index contributed by atoms with van der Waals surface area (Å²) in [4.78, 5) is 37.5. The first-order chi connectivity index (χ1) is 13.5. The molecule has 4 aliphatic carbocycles. The highest BCUT2D eigenvalue weighted by atomic mass is 16.5. The molecule has 0 bridgehead atoms. The van der Waals surface area contributed by atoms with Gasteiger partial charge in [-0.05, 0) is 68.1 Å². The van der Waals surface area contributed by atoms with E-state index < -0.39 is 29.4 Å². The first-order valence-corrected chi connectivity index (χ1v) is 11.1. The number of carbonyl (C=O) groups is 3. The summed E-state index contributed by atoms with van der Waals surface area (Å²) in [6, 6.07) is 0. The number of hydrogen-bond donors (Lipinski definition) is 2. The van der Waals surface area contributed by atoms with Crippen LogP contribution in [0.3, 0.4) is 0 Å². The predicted octanol–water partition coefficient (Wildman–Crippen LogP) is 2.43. The van der Waals surface area contributed by atoms with Gasteiger partial charge in [0.2, 0.25) is 5.78 Å². The van der Waals surface area contributed by atoms with Crippen molar-refractivity contribution in [3.8, 4) is 0 Å². The maximum Gasteiger partial charge on any atom is 0.303 e. The molecule has 0 aromatic heterocycles. The van der Waals surface area contributed by atoms with Gasteiger partial charge in [0.05, 0.1) is 6.10 Å². The zero-order valence-corrected chi connectivity index (χ0v) is 17.8. The molecule has 2 N–H and O–H groups in total. The molecule has 4 aliphatic rings. The van der Waals surface area contributed by atoms with E-state index in [1.807, 2.05) is 6.92 Å². The summed E-state index contributed by atoms with van der Waals surface area (Å²) in [6.45, 7) is 4.93. The fourth-order valence-electron chi connectivity index (χ4n) is 7.80. The number of aliphatic hydroxyl groups is 2. The van der Waals surface area contributed by atoms with Gasteiger partial charge in [0.1, 0.15) is 11.4 Å². The van der Waals surface area contributed by atoms with Crippen LogP contribution in [0.4, 0.5) is 0 Å². The summed E-state index contributed by atoms with van der Waals surface area (Å²) in [6.07, 6.45) is 5.28. The molecule has 4 rings (SSSR count). The molecule has 29 heavy (non-hydrogen) atoms. The summed E-state index contributed by atoms with van der Waals surface area (Å²) in [5.41, 5.74) is -2.52. The quantitative estimate of drug-likeness (QED) is 0.698. The molecule has 8 unspecified atom stereocenters. The van der Waals surface area contributed by atoms with Gasteiger partial charge in [-0.15, -0.1) is 0 Å². The molecule has 8 atom stereocenters. The Balaban J connectivity index is 1.63. The highest BCUT2D eigenvalue weighted by molar-refractivity contribution is 5.93. The molecule has 162 valence electrons. The summed E-state index contributed by atoms with van der Waals surface area (Å²) < 4.78 is 4.88. The average molecular weight is 407 g/mol. The van der Waals surface area contributed by atoms with Gasteiger partial charge < -0.3 is 14.9 Å². The number of hydrogen-bond acceptors (Lipinski definition) is 6. The van der Waals surface area contributed by atoms with Crippen LogP contribution in [-0.2, 0) is 19.1 Å². The summed E-state index contributed by atoms with van der Waals surface area (Å²) in [5, 5.41) is 21.6. The van der Waals surface area contributed by atoms with Crippen LogP contribution in [-0.4, -0.2) is 46.1 Å². The molecule has 0 amide bonds. The second-order valence-corrected chi connectivity index (χ2v) is 10.6. The highest BCUT2D eigenvalue weighted by Gasteiger charge is 2.69. The van der Waals surface area contributed by atoms with E-state index in [0.717, 1.165) is 38.5 Å². The molecule has 6 heteroatoms. The Hall–Kier alpha value is -1.27. The molecular formula is C23H34O6. The largest absolute Gasteiger partial charge is 0.458 e. The van der Waals surface area contributed by atoms with E-state index in [-0.39, 0.29) is 41.5 Å². The topological polar surface area (TPSA) is 101 Å². The number of Topliss-reactive ketones (excluding diaryl/α,β-unsaturated/α-hetero) is 2. The van der Waals surface area contributed by atoms with Crippen LogP contribution in [0.25, 0.3) is 0 Å².